The number of aliphatic hydroxyl groups is 1. The molecule has 0 amide bonds. The van der Waals surface area contributed by atoms with Gasteiger partial charge in [0.1, 0.15) is 6.04 Å². The summed E-state index contributed by atoms with van der Waals surface area (Å²) in [5.41, 5.74) is 0.650. The van der Waals surface area contributed by atoms with Crippen LogP contribution in [0.15, 0.2) is 12.4 Å². The predicted molar refractivity (Wildman–Crippen MR) is 53.2 cm³/mol. The lowest BCUT2D eigenvalue weighted by Crippen LogP contribution is -2.15. The number of rotatable bonds is 3. The molecule has 1 heterocycles. The Morgan fingerprint density at radius 1 is 1.73 bits per heavy atom. The molecule has 0 spiro atoms. The third-order valence-corrected chi connectivity index (χ3v) is 1.83. The Kier molecular flexibility index (Phi) is 3.89. The van der Waals surface area contributed by atoms with Gasteiger partial charge in [-0.25, -0.2) is 4.79 Å². The van der Waals surface area contributed by atoms with Gasteiger partial charge in [-0.05, 0) is 6.92 Å². The van der Waals surface area contributed by atoms with E-state index in [0.29, 0.717) is 12.0 Å². The third kappa shape index (κ3) is 3.11. The molecule has 0 radical (unpaired) electrons. The highest BCUT2D eigenvalue weighted by Gasteiger charge is 2.13. The van der Waals surface area contributed by atoms with Crippen molar-refractivity contribution in [3.8, 4) is 11.8 Å². The molecule has 0 fully saturated rings. The molecule has 5 heteroatoms. The molecule has 15 heavy (non-hydrogen) atoms. The molecule has 0 bridgehead atoms. The zero-order valence-corrected chi connectivity index (χ0v) is 8.34. The van der Waals surface area contributed by atoms with Crippen molar-refractivity contribution >= 4 is 5.97 Å². The fraction of sp³-hybridized carbons (Fsp3) is 0.400. The molecule has 0 aliphatic carbocycles. The first-order chi connectivity index (χ1) is 7.15. The van der Waals surface area contributed by atoms with E-state index in [4.69, 9.17) is 10.2 Å². The number of carbonyl (C=O) groups is 1. The Morgan fingerprint density at radius 3 is 3.07 bits per heavy atom. The van der Waals surface area contributed by atoms with Crippen molar-refractivity contribution in [1.29, 1.82) is 0 Å². The second kappa shape index (κ2) is 5.17. The number of aliphatic hydroxyl groups excluding tert-OH is 1. The van der Waals surface area contributed by atoms with E-state index in [1.54, 1.807) is 13.1 Å². The van der Waals surface area contributed by atoms with Crippen molar-refractivity contribution in [3.05, 3.63) is 18.0 Å². The Hall–Kier alpha value is -1.80. The molecule has 0 unspecified atom stereocenters. The standard InChI is InChI=1S/C10H12N2O3/c1-8(10(14)15)12-7-9(6-11-12)4-2-3-5-13/h6-8,13H,3,5H2,1H3,(H,14,15)/t8-/m0/s1. The average Bonchev–Trinajstić information content (AvgIpc) is 2.65. The minimum Gasteiger partial charge on any atom is -0.480 e. The number of nitrogens with zero attached hydrogens (tertiary/aromatic N) is 2. The molecular formula is C10H12N2O3. The molecule has 1 rings (SSSR count). The average molecular weight is 208 g/mol. The van der Waals surface area contributed by atoms with Gasteiger partial charge < -0.3 is 10.2 Å². The second-order valence-electron chi connectivity index (χ2n) is 3.00. The van der Waals surface area contributed by atoms with E-state index in [1.165, 1.54) is 10.9 Å². The van der Waals surface area contributed by atoms with Crippen molar-refractivity contribution in [2.75, 3.05) is 6.61 Å². The summed E-state index contributed by atoms with van der Waals surface area (Å²) in [5.74, 6) is 4.57. The summed E-state index contributed by atoms with van der Waals surface area (Å²) in [6, 6.07) is -0.696. The van der Waals surface area contributed by atoms with Crippen molar-refractivity contribution in [1.82, 2.24) is 9.78 Å². The summed E-state index contributed by atoms with van der Waals surface area (Å²) < 4.78 is 1.34. The topological polar surface area (TPSA) is 75.3 Å². The van der Waals surface area contributed by atoms with Crippen LogP contribution in [0.1, 0.15) is 24.9 Å². The fourth-order valence-corrected chi connectivity index (χ4v) is 0.948. The first kappa shape index (κ1) is 11.3. The lowest BCUT2D eigenvalue weighted by atomic mass is 10.3. The molecular weight excluding hydrogens is 196 g/mol. The molecule has 0 aliphatic heterocycles. The maximum Gasteiger partial charge on any atom is 0.328 e. The molecule has 0 saturated heterocycles. The first-order valence-corrected chi connectivity index (χ1v) is 4.52. The van der Waals surface area contributed by atoms with Gasteiger partial charge in [0.15, 0.2) is 0 Å². The van der Waals surface area contributed by atoms with Gasteiger partial charge in [-0.3, -0.25) is 4.68 Å². The van der Waals surface area contributed by atoms with Gasteiger partial charge >= 0.3 is 5.97 Å². The van der Waals surface area contributed by atoms with Crippen LogP contribution in [0.4, 0.5) is 0 Å². The molecule has 80 valence electrons. The van der Waals surface area contributed by atoms with Gasteiger partial charge in [0.05, 0.1) is 18.4 Å². The number of aromatic nitrogens is 2. The van der Waals surface area contributed by atoms with Gasteiger partial charge in [0, 0.05) is 12.6 Å². The maximum atomic E-state index is 10.6. The van der Waals surface area contributed by atoms with E-state index < -0.39 is 12.0 Å². The van der Waals surface area contributed by atoms with Crippen molar-refractivity contribution < 1.29 is 15.0 Å². The number of carboxylic acids is 1. The van der Waals surface area contributed by atoms with Crippen LogP contribution in [0.25, 0.3) is 0 Å². The Bertz CT molecular complexity index is 400. The first-order valence-electron chi connectivity index (χ1n) is 4.52. The summed E-state index contributed by atoms with van der Waals surface area (Å²) in [6.07, 6.45) is 3.48. The lowest BCUT2D eigenvalue weighted by molar-refractivity contribution is -0.140. The van der Waals surface area contributed by atoms with Gasteiger partial charge in [-0.15, -0.1) is 0 Å². The summed E-state index contributed by atoms with van der Waals surface area (Å²) in [6.45, 7) is 1.56. The van der Waals surface area contributed by atoms with E-state index in [1.807, 2.05) is 0 Å². The lowest BCUT2D eigenvalue weighted by Gasteiger charge is -2.04. The highest BCUT2D eigenvalue weighted by Crippen LogP contribution is 2.05. The highest BCUT2D eigenvalue weighted by molar-refractivity contribution is 5.71. The zero-order valence-electron chi connectivity index (χ0n) is 8.34. The Morgan fingerprint density at radius 2 is 2.47 bits per heavy atom. The van der Waals surface area contributed by atoms with Gasteiger partial charge in [0.25, 0.3) is 0 Å². The number of hydrogen-bond acceptors (Lipinski definition) is 3. The molecule has 0 saturated carbocycles. The van der Waals surface area contributed by atoms with Crippen LogP contribution < -0.4 is 0 Å². The van der Waals surface area contributed by atoms with Gasteiger partial charge in [-0.2, -0.15) is 5.10 Å². The highest BCUT2D eigenvalue weighted by atomic mass is 16.4. The number of aliphatic carboxylic acids is 1. The van der Waals surface area contributed by atoms with Crippen molar-refractivity contribution in [2.24, 2.45) is 0 Å². The molecule has 0 aliphatic rings. The van der Waals surface area contributed by atoms with Gasteiger partial charge in [-0.1, -0.05) is 11.8 Å². The van der Waals surface area contributed by atoms with Crippen LogP contribution in [0, 0.1) is 11.8 Å². The minimum atomic E-state index is -0.937. The van der Waals surface area contributed by atoms with E-state index >= 15 is 0 Å². The SMILES string of the molecule is C[C@@H](C(=O)O)n1cc(C#CCCO)cn1. The predicted octanol–water partition coefficient (Wildman–Crippen LogP) is 0.263. The van der Waals surface area contributed by atoms with Gasteiger partial charge in [0.2, 0.25) is 0 Å². The Labute approximate surface area is 87.3 Å². The maximum absolute atomic E-state index is 10.6. The summed E-state index contributed by atoms with van der Waals surface area (Å²) in [4.78, 5) is 10.6. The van der Waals surface area contributed by atoms with Crippen LogP contribution in [0.3, 0.4) is 0 Å². The number of hydrogen-bond donors (Lipinski definition) is 2. The van der Waals surface area contributed by atoms with E-state index in [9.17, 15) is 4.79 Å². The largest absolute Gasteiger partial charge is 0.480 e. The summed E-state index contributed by atoms with van der Waals surface area (Å²) in [7, 11) is 0. The monoisotopic (exact) mass is 208 g/mol. The second-order valence-corrected chi connectivity index (χ2v) is 3.00. The van der Waals surface area contributed by atoms with E-state index in [-0.39, 0.29) is 6.61 Å². The third-order valence-electron chi connectivity index (χ3n) is 1.83. The minimum absolute atomic E-state index is 0.0205. The molecule has 1 atom stereocenters. The fourth-order valence-electron chi connectivity index (χ4n) is 0.948. The van der Waals surface area contributed by atoms with E-state index in [2.05, 4.69) is 16.9 Å². The smallest absolute Gasteiger partial charge is 0.328 e. The molecule has 2 N–H and O–H groups in total. The number of carboxylic acid groups (broad SMARTS) is 1. The van der Waals surface area contributed by atoms with E-state index in [0.717, 1.165) is 0 Å². The molecule has 1 aromatic rings. The molecule has 0 aromatic carbocycles. The van der Waals surface area contributed by atoms with Crippen LogP contribution in [-0.4, -0.2) is 32.6 Å². The molecule has 1 aromatic heterocycles. The van der Waals surface area contributed by atoms with Crippen LogP contribution in [-0.2, 0) is 4.79 Å². The molecule has 5 nitrogen and oxygen atoms in total. The summed E-state index contributed by atoms with van der Waals surface area (Å²) in [5, 5.41) is 21.1. The van der Waals surface area contributed by atoms with Crippen molar-refractivity contribution in [2.45, 2.75) is 19.4 Å². The Balaban J connectivity index is 2.73. The quantitative estimate of drug-likeness (QED) is 0.699. The van der Waals surface area contributed by atoms with Crippen LogP contribution in [0.2, 0.25) is 0 Å². The normalized spacial score (nSPS) is 11.6. The summed E-state index contributed by atoms with van der Waals surface area (Å²) >= 11 is 0. The van der Waals surface area contributed by atoms with Crippen LogP contribution >= 0.6 is 0 Å². The van der Waals surface area contributed by atoms with Crippen molar-refractivity contribution in [3.63, 3.8) is 0 Å². The van der Waals surface area contributed by atoms with Crippen LogP contribution in [0.5, 0.6) is 0 Å². The zero-order chi connectivity index (χ0) is 11.3.